The van der Waals surface area contributed by atoms with Gasteiger partial charge in [0.2, 0.25) is 0 Å². The van der Waals surface area contributed by atoms with Gasteiger partial charge in [-0.15, -0.1) is 11.3 Å². The number of nitrogens with two attached hydrogens (primary N) is 1. The minimum atomic E-state index is -1.25. The number of primary amides is 1. The molecule has 0 aliphatic carbocycles. The molecule has 1 heterocycles. The number of halogens is 3. The molecule has 2 aromatic rings. The van der Waals surface area contributed by atoms with Crippen molar-refractivity contribution in [3.05, 3.63) is 39.6 Å². The van der Waals surface area contributed by atoms with Gasteiger partial charge in [-0.2, -0.15) is 0 Å². The molecule has 0 aliphatic heterocycles. The Morgan fingerprint density at radius 3 is 2.42 bits per heavy atom. The first-order chi connectivity index (χ1) is 11.2. The summed E-state index contributed by atoms with van der Waals surface area (Å²) in [6.07, 6.45) is -1.25. The topological polar surface area (TPSA) is 92.4 Å². The summed E-state index contributed by atoms with van der Waals surface area (Å²) in [5, 5.41) is 12.1. The molecule has 5 nitrogen and oxygen atoms in total. The maximum absolute atomic E-state index is 13.2. The summed E-state index contributed by atoms with van der Waals surface area (Å²) in [6, 6.07) is 3.70. The van der Waals surface area contributed by atoms with Crippen LogP contribution in [0.4, 0.5) is 9.39 Å². The third-order valence-electron chi connectivity index (χ3n) is 2.76. The number of amides is 2. The Morgan fingerprint density at radius 1 is 1.33 bits per heavy atom. The normalized spacial score (nSPS) is 12.0. The maximum atomic E-state index is 13.2. The zero-order valence-electron chi connectivity index (χ0n) is 12.1. The number of nitrogens with one attached hydrogen (secondary N) is 1. The summed E-state index contributed by atoms with van der Waals surface area (Å²) in [5.41, 5.74) is 5.38. The average Bonchev–Trinajstić information content (AvgIpc) is 2.85. The fourth-order valence-electron chi connectivity index (χ4n) is 1.64. The number of hydrogen-bond donors (Lipinski definition) is 3. The highest BCUT2D eigenvalue weighted by Gasteiger charge is 2.20. The van der Waals surface area contributed by atoms with Crippen molar-refractivity contribution in [2.45, 2.75) is 22.1 Å². The molecule has 0 saturated heterocycles. The van der Waals surface area contributed by atoms with E-state index >= 15 is 0 Å². The molecule has 0 radical (unpaired) electrons. The van der Waals surface area contributed by atoms with Crippen molar-refractivity contribution in [2.75, 3.05) is 5.32 Å². The van der Waals surface area contributed by atoms with E-state index in [1.165, 1.54) is 13.0 Å². The van der Waals surface area contributed by atoms with Crippen LogP contribution in [0.2, 0.25) is 10.0 Å². The molecule has 1 aromatic carbocycles. The number of aliphatic hydroxyl groups is 1. The highest BCUT2D eigenvalue weighted by atomic mass is 35.5. The highest BCUT2D eigenvalue weighted by Crippen LogP contribution is 2.44. The maximum Gasteiger partial charge on any atom is 0.253 e. The monoisotopic (exact) mass is 408 g/mol. The Balaban J connectivity index is 2.36. The van der Waals surface area contributed by atoms with Crippen molar-refractivity contribution in [3.8, 4) is 0 Å². The second-order valence-electron chi connectivity index (χ2n) is 4.64. The molecule has 2 rings (SSSR count). The number of carbonyl (C=O) groups is 2. The second-order valence-corrected chi connectivity index (χ2v) is 7.82. The highest BCUT2D eigenvalue weighted by molar-refractivity contribution is 8.01. The van der Waals surface area contributed by atoms with Crippen LogP contribution in [0.3, 0.4) is 0 Å². The van der Waals surface area contributed by atoms with Gasteiger partial charge in [-0.25, -0.2) is 4.39 Å². The van der Waals surface area contributed by atoms with Gasteiger partial charge in [0, 0.05) is 0 Å². The number of thiophene rings is 1. The van der Waals surface area contributed by atoms with Gasteiger partial charge in [0.05, 0.1) is 24.7 Å². The smallest absolute Gasteiger partial charge is 0.253 e. The van der Waals surface area contributed by atoms with E-state index in [0.29, 0.717) is 9.10 Å². The van der Waals surface area contributed by atoms with E-state index < -0.39 is 23.7 Å². The van der Waals surface area contributed by atoms with Crippen LogP contribution >= 0.6 is 46.3 Å². The Labute approximate surface area is 154 Å². The van der Waals surface area contributed by atoms with Crippen LogP contribution in [0.25, 0.3) is 0 Å². The fraction of sp³-hybridized carbons (Fsp3) is 0.143. The molecule has 0 bridgehead atoms. The Morgan fingerprint density at radius 2 is 1.92 bits per heavy atom. The molecule has 0 aliphatic rings. The first kappa shape index (κ1) is 19.0. The van der Waals surface area contributed by atoms with E-state index in [0.717, 1.165) is 35.2 Å². The molecule has 4 N–H and O–H groups in total. The summed E-state index contributed by atoms with van der Waals surface area (Å²) in [7, 11) is 0. The third kappa shape index (κ3) is 4.40. The molecule has 0 fully saturated rings. The number of aliphatic hydroxyl groups excluding tert-OH is 1. The minimum absolute atomic E-state index is 0.0888. The third-order valence-corrected chi connectivity index (χ3v) is 5.89. The summed E-state index contributed by atoms with van der Waals surface area (Å²) in [4.78, 5) is 23.5. The standard InChI is InChI=1S/C14H11Cl2FN2O3S2/c1-5(20)13(22)19-14-7(12(18)21)4-10(24-14)23-11-8(15)2-6(17)3-9(11)16/h2-5,20H,1H3,(H2,18,21)(H,19,22). The minimum Gasteiger partial charge on any atom is -0.384 e. The molecule has 0 saturated carbocycles. The van der Waals surface area contributed by atoms with Crippen LogP contribution < -0.4 is 11.1 Å². The molecule has 24 heavy (non-hydrogen) atoms. The SMILES string of the molecule is CC(O)C(=O)Nc1sc(Sc2c(Cl)cc(F)cc2Cl)cc1C(N)=O. The lowest BCUT2D eigenvalue weighted by Crippen LogP contribution is -2.25. The van der Waals surface area contributed by atoms with Crippen LogP contribution in [0.1, 0.15) is 17.3 Å². The van der Waals surface area contributed by atoms with Crippen LogP contribution in [0.5, 0.6) is 0 Å². The van der Waals surface area contributed by atoms with E-state index in [4.69, 9.17) is 28.9 Å². The van der Waals surface area contributed by atoms with Crippen molar-refractivity contribution in [1.29, 1.82) is 0 Å². The van der Waals surface area contributed by atoms with Gasteiger partial charge in [0.1, 0.15) is 16.9 Å². The Kier molecular flexibility index (Phi) is 6.11. The number of benzene rings is 1. The predicted molar refractivity (Wildman–Crippen MR) is 93.7 cm³/mol. The van der Waals surface area contributed by atoms with E-state index in [1.807, 2.05) is 0 Å². The first-order valence-electron chi connectivity index (χ1n) is 6.44. The number of rotatable bonds is 5. The van der Waals surface area contributed by atoms with E-state index in [2.05, 4.69) is 5.32 Å². The van der Waals surface area contributed by atoms with Gasteiger partial charge >= 0.3 is 0 Å². The van der Waals surface area contributed by atoms with Gasteiger partial charge < -0.3 is 16.2 Å². The van der Waals surface area contributed by atoms with E-state index in [9.17, 15) is 19.1 Å². The summed E-state index contributed by atoms with van der Waals surface area (Å²) < 4.78 is 13.8. The lowest BCUT2D eigenvalue weighted by molar-refractivity contribution is -0.123. The van der Waals surface area contributed by atoms with Gasteiger partial charge in [-0.3, -0.25) is 9.59 Å². The van der Waals surface area contributed by atoms with E-state index in [-0.39, 0.29) is 20.6 Å². The molecule has 1 atom stereocenters. The van der Waals surface area contributed by atoms with Gasteiger partial charge in [-0.05, 0) is 25.1 Å². The molecule has 2 amide bonds. The van der Waals surface area contributed by atoms with Crippen LogP contribution in [-0.4, -0.2) is 23.0 Å². The van der Waals surface area contributed by atoms with Crippen molar-refractivity contribution >= 4 is 63.1 Å². The van der Waals surface area contributed by atoms with E-state index in [1.54, 1.807) is 0 Å². The van der Waals surface area contributed by atoms with Crippen LogP contribution in [0.15, 0.2) is 27.3 Å². The summed E-state index contributed by atoms with van der Waals surface area (Å²) in [5.74, 6) is -1.98. The Bertz CT molecular complexity index is 788. The van der Waals surface area contributed by atoms with Crippen molar-refractivity contribution in [3.63, 3.8) is 0 Å². The number of hydrogen-bond acceptors (Lipinski definition) is 5. The second kappa shape index (κ2) is 7.71. The van der Waals surface area contributed by atoms with Gasteiger partial charge in [-0.1, -0.05) is 35.0 Å². The molecule has 1 aromatic heterocycles. The summed E-state index contributed by atoms with van der Waals surface area (Å²) >= 11 is 14.1. The molecular weight excluding hydrogens is 398 g/mol. The average molecular weight is 409 g/mol. The zero-order chi connectivity index (χ0) is 18.0. The largest absolute Gasteiger partial charge is 0.384 e. The number of carbonyl (C=O) groups excluding carboxylic acids is 2. The number of anilines is 1. The van der Waals surface area contributed by atoms with Crippen molar-refractivity contribution < 1.29 is 19.1 Å². The molecule has 1 unspecified atom stereocenters. The van der Waals surface area contributed by atoms with Crippen LogP contribution in [-0.2, 0) is 4.79 Å². The fourth-order valence-corrected chi connectivity index (χ4v) is 4.49. The van der Waals surface area contributed by atoms with Gasteiger partial charge in [0.25, 0.3) is 11.8 Å². The van der Waals surface area contributed by atoms with Crippen molar-refractivity contribution in [2.24, 2.45) is 5.73 Å². The molecule has 0 spiro atoms. The van der Waals surface area contributed by atoms with Gasteiger partial charge in [0.15, 0.2) is 0 Å². The van der Waals surface area contributed by atoms with Crippen LogP contribution in [0, 0.1) is 5.82 Å². The Hall–Kier alpha value is -1.32. The quantitative estimate of drug-likeness (QED) is 0.701. The predicted octanol–water partition coefficient (Wildman–Crippen LogP) is 3.76. The first-order valence-corrected chi connectivity index (χ1v) is 8.83. The zero-order valence-corrected chi connectivity index (χ0v) is 15.2. The molecule has 128 valence electrons. The van der Waals surface area contributed by atoms with Crippen molar-refractivity contribution in [1.82, 2.24) is 0 Å². The lowest BCUT2D eigenvalue weighted by Gasteiger charge is -2.06. The molecule has 10 heteroatoms. The molecular formula is C14H11Cl2FN2O3S2. The lowest BCUT2D eigenvalue weighted by atomic mass is 10.3. The summed E-state index contributed by atoms with van der Waals surface area (Å²) in [6.45, 7) is 1.29.